The predicted molar refractivity (Wildman–Crippen MR) is 80.0 cm³/mol. The molecule has 0 saturated heterocycles. The highest BCUT2D eigenvalue weighted by Gasteiger charge is 2.23. The summed E-state index contributed by atoms with van der Waals surface area (Å²) in [6.45, 7) is 1.98. The average Bonchev–Trinajstić information content (AvgIpc) is 2.49. The third kappa shape index (κ3) is 3.41. The van der Waals surface area contributed by atoms with E-state index < -0.39 is 5.41 Å². The Morgan fingerprint density at radius 3 is 2.11 bits per heavy atom. The van der Waals surface area contributed by atoms with Gasteiger partial charge in [0.05, 0.1) is 5.41 Å². The molecule has 19 heavy (non-hydrogen) atoms. The zero-order valence-corrected chi connectivity index (χ0v) is 11.1. The molecule has 0 saturated carbocycles. The minimum absolute atomic E-state index is 0.452. The number of carbonyl (C=O) groups excluding carboxylic acids is 1. The van der Waals surface area contributed by atoms with Gasteiger partial charge in [-0.2, -0.15) is 0 Å². The van der Waals surface area contributed by atoms with Gasteiger partial charge in [0, 0.05) is 0 Å². The van der Waals surface area contributed by atoms with Crippen LogP contribution in [0.2, 0.25) is 0 Å². The lowest BCUT2D eigenvalue weighted by atomic mass is 9.81. The van der Waals surface area contributed by atoms with Gasteiger partial charge in [-0.3, -0.25) is 0 Å². The number of hydrogen-bond acceptors (Lipinski definition) is 1. The van der Waals surface area contributed by atoms with E-state index in [1.165, 1.54) is 0 Å². The van der Waals surface area contributed by atoms with Crippen LogP contribution in [0.15, 0.2) is 66.7 Å². The van der Waals surface area contributed by atoms with E-state index in [-0.39, 0.29) is 0 Å². The average molecular weight is 250 g/mol. The monoisotopic (exact) mass is 250 g/mol. The SMILES string of the molecule is C[C@](C=O)(C/C=C/c1ccccc1)c1ccccc1. The summed E-state index contributed by atoms with van der Waals surface area (Å²) in [5, 5.41) is 0. The molecular weight excluding hydrogens is 232 g/mol. The second-order valence-electron chi connectivity index (χ2n) is 4.92. The maximum Gasteiger partial charge on any atom is 0.130 e. The van der Waals surface area contributed by atoms with Crippen LogP contribution in [0, 0.1) is 0 Å². The van der Waals surface area contributed by atoms with Gasteiger partial charge in [-0.1, -0.05) is 72.8 Å². The van der Waals surface area contributed by atoms with E-state index in [1.54, 1.807) is 0 Å². The normalized spacial score (nSPS) is 14.2. The molecule has 0 amide bonds. The molecule has 0 heterocycles. The predicted octanol–water partition coefficient (Wildman–Crippen LogP) is 4.25. The van der Waals surface area contributed by atoms with Crippen LogP contribution in [0.4, 0.5) is 0 Å². The molecule has 0 radical (unpaired) electrons. The summed E-state index contributed by atoms with van der Waals surface area (Å²) >= 11 is 0. The first-order chi connectivity index (χ1) is 9.24. The summed E-state index contributed by atoms with van der Waals surface area (Å²) < 4.78 is 0. The van der Waals surface area contributed by atoms with Crippen molar-refractivity contribution in [3.05, 3.63) is 77.9 Å². The van der Waals surface area contributed by atoms with Crippen molar-refractivity contribution in [3.63, 3.8) is 0 Å². The zero-order chi connectivity index (χ0) is 13.6. The maximum absolute atomic E-state index is 11.4. The fourth-order valence-corrected chi connectivity index (χ4v) is 2.06. The molecular formula is C18H18O. The third-order valence-electron chi connectivity index (χ3n) is 3.35. The molecule has 2 aromatic rings. The standard InChI is InChI=1S/C18H18O/c1-18(15-19,17-12-6-3-7-13-17)14-8-11-16-9-4-2-5-10-16/h2-13,15H,14H2,1H3/b11-8+/t18-/m1/s1. The Bertz CT molecular complexity index is 542. The molecule has 1 heteroatoms. The van der Waals surface area contributed by atoms with Gasteiger partial charge in [-0.15, -0.1) is 0 Å². The number of carbonyl (C=O) groups is 1. The highest BCUT2D eigenvalue weighted by Crippen LogP contribution is 2.26. The summed E-state index contributed by atoms with van der Waals surface area (Å²) in [6, 6.07) is 20.0. The molecule has 0 fully saturated rings. The molecule has 0 aliphatic heterocycles. The quantitative estimate of drug-likeness (QED) is 0.725. The molecule has 0 spiro atoms. The van der Waals surface area contributed by atoms with Crippen LogP contribution in [-0.4, -0.2) is 6.29 Å². The third-order valence-corrected chi connectivity index (χ3v) is 3.35. The second kappa shape index (κ2) is 6.14. The van der Waals surface area contributed by atoms with Crippen molar-refractivity contribution in [2.24, 2.45) is 0 Å². The van der Waals surface area contributed by atoms with E-state index >= 15 is 0 Å². The lowest BCUT2D eigenvalue weighted by Gasteiger charge is -2.21. The Morgan fingerprint density at radius 2 is 1.53 bits per heavy atom. The van der Waals surface area contributed by atoms with E-state index in [2.05, 4.69) is 24.3 Å². The van der Waals surface area contributed by atoms with Gasteiger partial charge in [0.25, 0.3) is 0 Å². The Morgan fingerprint density at radius 1 is 0.947 bits per heavy atom. The van der Waals surface area contributed by atoms with Gasteiger partial charge >= 0.3 is 0 Å². The number of hydrogen-bond donors (Lipinski definition) is 0. The van der Waals surface area contributed by atoms with Crippen LogP contribution in [0.5, 0.6) is 0 Å². The number of rotatable bonds is 5. The maximum atomic E-state index is 11.4. The molecule has 0 N–H and O–H groups in total. The summed E-state index contributed by atoms with van der Waals surface area (Å²) in [5.74, 6) is 0. The molecule has 2 rings (SSSR count). The first-order valence-corrected chi connectivity index (χ1v) is 6.48. The van der Waals surface area contributed by atoms with Gasteiger partial charge in [-0.05, 0) is 24.5 Å². The molecule has 0 aliphatic rings. The molecule has 2 aromatic carbocycles. The van der Waals surface area contributed by atoms with Crippen LogP contribution in [-0.2, 0) is 10.2 Å². The van der Waals surface area contributed by atoms with Gasteiger partial charge in [-0.25, -0.2) is 0 Å². The minimum Gasteiger partial charge on any atom is -0.302 e. The highest BCUT2D eigenvalue weighted by atomic mass is 16.1. The van der Waals surface area contributed by atoms with Crippen molar-refractivity contribution in [1.82, 2.24) is 0 Å². The topological polar surface area (TPSA) is 17.1 Å². The van der Waals surface area contributed by atoms with Crippen molar-refractivity contribution < 1.29 is 4.79 Å². The first kappa shape index (κ1) is 13.3. The van der Waals surface area contributed by atoms with Crippen LogP contribution >= 0.6 is 0 Å². The summed E-state index contributed by atoms with van der Waals surface area (Å²) in [4.78, 5) is 11.4. The molecule has 96 valence electrons. The van der Waals surface area contributed by atoms with Crippen molar-refractivity contribution in [3.8, 4) is 0 Å². The second-order valence-corrected chi connectivity index (χ2v) is 4.92. The van der Waals surface area contributed by atoms with Crippen LogP contribution in [0.3, 0.4) is 0 Å². The van der Waals surface area contributed by atoms with Crippen molar-refractivity contribution in [2.75, 3.05) is 0 Å². The highest BCUT2D eigenvalue weighted by molar-refractivity contribution is 5.68. The molecule has 0 unspecified atom stereocenters. The number of benzene rings is 2. The molecule has 1 atom stereocenters. The Balaban J connectivity index is 2.12. The van der Waals surface area contributed by atoms with Gasteiger partial charge in [0.1, 0.15) is 6.29 Å². The Hall–Kier alpha value is -2.15. The fourth-order valence-electron chi connectivity index (χ4n) is 2.06. The van der Waals surface area contributed by atoms with Crippen molar-refractivity contribution in [2.45, 2.75) is 18.8 Å². The summed E-state index contributed by atoms with van der Waals surface area (Å²) in [7, 11) is 0. The zero-order valence-electron chi connectivity index (χ0n) is 11.1. The number of aldehydes is 1. The molecule has 0 aromatic heterocycles. The van der Waals surface area contributed by atoms with E-state index in [4.69, 9.17) is 0 Å². The minimum atomic E-state index is -0.452. The summed E-state index contributed by atoms with van der Waals surface area (Å²) in [6.07, 6.45) is 5.87. The van der Waals surface area contributed by atoms with Gasteiger partial charge in [0.2, 0.25) is 0 Å². The largest absolute Gasteiger partial charge is 0.302 e. The van der Waals surface area contributed by atoms with Crippen LogP contribution < -0.4 is 0 Å². The van der Waals surface area contributed by atoms with Crippen molar-refractivity contribution >= 4 is 12.4 Å². The summed E-state index contributed by atoms with van der Waals surface area (Å²) in [5.41, 5.74) is 1.76. The number of allylic oxidation sites excluding steroid dienone is 1. The Labute approximate surface area is 114 Å². The van der Waals surface area contributed by atoms with Gasteiger partial charge in [0.15, 0.2) is 0 Å². The fraction of sp³-hybridized carbons (Fsp3) is 0.167. The van der Waals surface area contributed by atoms with E-state index in [0.29, 0.717) is 6.42 Å². The van der Waals surface area contributed by atoms with E-state index in [1.807, 2.05) is 55.5 Å². The smallest absolute Gasteiger partial charge is 0.130 e. The van der Waals surface area contributed by atoms with E-state index in [0.717, 1.165) is 17.4 Å². The first-order valence-electron chi connectivity index (χ1n) is 6.48. The molecule has 0 bridgehead atoms. The lowest BCUT2D eigenvalue weighted by Crippen LogP contribution is -2.22. The van der Waals surface area contributed by atoms with Crippen LogP contribution in [0.25, 0.3) is 6.08 Å². The lowest BCUT2D eigenvalue weighted by molar-refractivity contribution is -0.112. The Kier molecular flexibility index (Phi) is 4.30. The van der Waals surface area contributed by atoms with E-state index in [9.17, 15) is 4.79 Å². The van der Waals surface area contributed by atoms with Crippen LogP contribution in [0.1, 0.15) is 24.5 Å². The molecule has 1 nitrogen and oxygen atoms in total. The van der Waals surface area contributed by atoms with Crippen molar-refractivity contribution in [1.29, 1.82) is 0 Å². The molecule has 0 aliphatic carbocycles. The van der Waals surface area contributed by atoms with Gasteiger partial charge < -0.3 is 4.79 Å².